The summed E-state index contributed by atoms with van der Waals surface area (Å²) in [4.78, 5) is 10.4. The van der Waals surface area contributed by atoms with Crippen LogP contribution in [0.25, 0.3) is 0 Å². The molecule has 1 aliphatic rings. The van der Waals surface area contributed by atoms with Crippen molar-refractivity contribution in [1.82, 2.24) is 5.32 Å². The van der Waals surface area contributed by atoms with Crippen molar-refractivity contribution in [2.45, 2.75) is 30.6 Å². The minimum absolute atomic E-state index is 0.511. The van der Waals surface area contributed by atoms with Gasteiger partial charge in [-0.15, -0.1) is 0 Å². The number of allylic oxidation sites excluding steroid dienone is 1. The van der Waals surface area contributed by atoms with Crippen molar-refractivity contribution in [1.29, 1.82) is 0 Å². The molecule has 7 heteroatoms. The van der Waals surface area contributed by atoms with Gasteiger partial charge in [0, 0.05) is 13.1 Å². The Labute approximate surface area is 98.3 Å². The number of ether oxygens (including phenoxy) is 1. The van der Waals surface area contributed by atoms with Crippen LogP contribution in [0.5, 0.6) is 0 Å². The third-order valence-electron chi connectivity index (χ3n) is 2.40. The minimum atomic E-state index is -1.46. The molecule has 2 radical (unpaired) electrons. The number of hydrogen-bond donors (Lipinski definition) is 5. The Balaban J connectivity index is 2.62. The van der Waals surface area contributed by atoms with E-state index < -0.39 is 43.0 Å². The highest BCUT2D eigenvalue weighted by molar-refractivity contribution is 5.93. The SMILES string of the molecule is [CH]C(=O)/C=C\N[C@@H]1O[C@H](CO)[C@@H](O)[C@H](O)[C@H]1O. The summed E-state index contributed by atoms with van der Waals surface area (Å²) >= 11 is 0. The number of aliphatic hydroxyl groups excluding tert-OH is 4. The Hall–Kier alpha value is -0.990. The summed E-state index contributed by atoms with van der Waals surface area (Å²) in [6, 6.07) is 0. The molecule has 1 aliphatic heterocycles. The van der Waals surface area contributed by atoms with Crippen LogP contribution in [0.1, 0.15) is 0 Å². The molecule has 0 saturated carbocycles. The molecule has 0 amide bonds. The zero-order valence-corrected chi connectivity index (χ0v) is 8.93. The van der Waals surface area contributed by atoms with Gasteiger partial charge in [-0.25, -0.2) is 0 Å². The monoisotopic (exact) mass is 245 g/mol. The zero-order chi connectivity index (χ0) is 13.0. The van der Waals surface area contributed by atoms with Gasteiger partial charge in [0.1, 0.15) is 24.4 Å². The fourth-order valence-electron chi connectivity index (χ4n) is 1.46. The van der Waals surface area contributed by atoms with Crippen molar-refractivity contribution in [3.05, 3.63) is 19.2 Å². The molecule has 0 aromatic heterocycles. The molecule has 1 rings (SSSR count). The summed E-state index contributed by atoms with van der Waals surface area (Å²) in [5.74, 6) is -0.693. The molecule has 96 valence electrons. The second-order valence-electron chi connectivity index (χ2n) is 3.65. The molecule has 0 aromatic rings. The van der Waals surface area contributed by atoms with E-state index >= 15 is 0 Å². The van der Waals surface area contributed by atoms with Gasteiger partial charge in [0.05, 0.1) is 6.61 Å². The van der Waals surface area contributed by atoms with E-state index in [0.717, 1.165) is 12.3 Å². The average Bonchev–Trinajstić information content (AvgIpc) is 2.29. The van der Waals surface area contributed by atoms with E-state index in [0.29, 0.717) is 0 Å². The summed E-state index contributed by atoms with van der Waals surface area (Å²) < 4.78 is 5.09. The van der Waals surface area contributed by atoms with Gasteiger partial charge < -0.3 is 30.5 Å². The van der Waals surface area contributed by atoms with Gasteiger partial charge in [-0.3, -0.25) is 4.79 Å². The lowest BCUT2D eigenvalue weighted by Gasteiger charge is -2.39. The van der Waals surface area contributed by atoms with Crippen molar-refractivity contribution < 1.29 is 30.0 Å². The predicted molar refractivity (Wildman–Crippen MR) is 55.3 cm³/mol. The van der Waals surface area contributed by atoms with E-state index in [1.54, 1.807) is 0 Å². The summed E-state index contributed by atoms with van der Waals surface area (Å²) in [6.45, 7) is 4.34. The fourth-order valence-corrected chi connectivity index (χ4v) is 1.46. The zero-order valence-electron chi connectivity index (χ0n) is 8.93. The van der Waals surface area contributed by atoms with Gasteiger partial charge in [-0.2, -0.15) is 0 Å². The molecule has 0 unspecified atom stereocenters. The molecule has 1 saturated heterocycles. The predicted octanol–water partition coefficient (Wildman–Crippen LogP) is -2.83. The van der Waals surface area contributed by atoms with Crippen LogP contribution in [0.3, 0.4) is 0 Å². The van der Waals surface area contributed by atoms with E-state index in [2.05, 4.69) is 5.32 Å². The third kappa shape index (κ3) is 3.48. The second kappa shape index (κ2) is 6.08. The Morgan fingerprint density at radius 3 is 2.47 bits per heavy atom. The highest BCUT2D eigenvalue weighted by atomic mass is 16.6. The molecule has 1 fully saturated rings. The maximum Gasteiger partial charge on any atom is 0.161 e. The molecular formula is C10H15NO6. The molecule has 5 N–H and O–H groups in total. The van der Waals surface area contributed by atoms with Crippen molar-refractivity contribution in [2.24, 2.45) is 0 Å². The van der Waals surface area contributed by atoms with Crippen LogP contribution in [0.2, 0.25) is 0 Å². The molecule has 17 heavy (non-hydrogen) atoms. The van der Waals surface area contributed by atoms with Crippen LogP contribution in [-0.4, -0.2) is 63.5 Å². The highest BCUT2D eigenvalue weighted by Gasteiger charge is 2.42. The Kier molecular flexibility index (Phi) is 5.03. The molecule has 0 aliphatic carbocycles. The number of rotatable bonds is 4. The van der Waals surface area contributed by atoms with Crippen LogP contribution in [0.4, 0.5) is 0 Å². The largest absolute Gasteiger partial charge is 0.394 e. The maximum absolute atomic E-state index is 10.4. The Morgan fingerprint density at radius 1 is 1.29 bits per heavy atom. The minimum Gasteiger partial charge on any atom is -0.394 e. The number of ketones is 1. The van der Waals surface area contributed by atoms with Gasteiger partial charge in [-0.05, 0) is 6.08 Å². The first kappa shape index (κ1) is 14.1. The van der Waals surface area contributed by atoms with E-state index in [1.807, 2.05) is 0 Å². The number of nitrogens with one attached hydrogen (secondary N) is 1. The lowest BCUT2D eigenvalue weighted by molar-refractivity contribution is -0.233. The van der Waals surface area contributed by atoms with Crippen LogP contribution in [-0.2, 0) is 9.53 Å². The van der Waals surface area contributed by atoms with Crippen molar-refractivity contribution >= 4 is 5.78 Å². The maximum atomic E-state index is 10.4. The van der Waals surface area contributed by atoms with Crippen LogP contribution in [0, 0.1) is 6.92 Å². The first-order chi connectivity index (χ1) is 7.97. The molecule has 1 heterocycles. The number of carbonyl (C=O) groups is 1. The van der Waals surface area contributed by atoms with Crippen molar-refractivity contribution in [3.8, 4) is 0 Å². The Morgan fingerprint density at radius 2 is 1.94 bits per heavy atom. The van der Waals surface area contributed by atoms with E-state index in [9.17, 15) is 20.1 Å². The summed E-state index contributed by atoms with van der Waals surface area (Å²) in [7, 11) is 0. The van der Waals surface area contributed by atoms with Crippen molar-refractivity contribution in [3.63, 3.8) is 0 Å². The molecule has 5 atom stereocenters. The van der Waals surface area contributed by atoms with Crippen LogP contribution in [0.15, 0.2) is 12.3 Å². The smallest absolute Gasteiger partial charge is 0.161 e. The average molecular weight is 245 g/mol. The van der Waals surface area contributed by atoms with E-state index in [4.69, 9.17) is 16.8 Å². The summed E-state index contributed by atoms with van der Waals surface area (Å²) in [5.41, 5.74) is 0. The second-order valence-corrected chi connectivity index (χ2v) is 3.65. The van der Waals surface area contributed by atoms with Gasteiger partial charge >= 0.3 is 0 Å². The summed E-state index contributed by atoms with van der Waals surface area (Å²) in [5, 5.41) is 39.8. The first-order valence-electron chi connectivity index (χ1n) is 5.00. The Bertz CT molecular complexity index is 293. The topological polar surface area (TPSA) is 119 Å². The first-order valence-corrected chi connectivity index (χ1v) is 5.00. The normalized spacial score (nSPS) is 38.3. The lowest BCUT2D eigenvalue weighted by atomic mass is 9.98. The van der Waals surface area contributed by atoms with Gasteiger partial charge in [-0.1, -0.05) is 0 Å². The molecule has 7 nitrogen and oxygen atoms in total. The van der Waals surface area contributed by atoms with E-state index in [1.165, 1.54) is 0 Å². The molecule has 0 bridgehead atoms. The quantitative estimate of drug-likeness (QED) is 0.339. The number of carbonyl (C=O) groups excluding carboxylic acids is 1. The van der Waals surface area contributed by atoms with Gasteiger partial charge in [0.25, 0.3) is 0 Å². The number of aliphatic hydroxyl groups is 4. The molecule has 0 aromatic carbocycles. The number of hydrogen-bond acceptors (Lipinski definition) is 7. The van der Waals surface area contributed by atoms with Gasteiger partial charge in [0.2, 0.25) is 0 Å². The summed E-state index contributed by atoms with van der Waals surface area (Å²) in [6.07, 6.45) is -4.16. The van der Waals surface area contributed by atoms with Crippen molar-refractivity contribution in [2.75, 3.05) is 6.61 Å². The fraction of sp³-hybridized carbons (Fsp3) is 0.600. The van der Waals surface area contributed by atoms with Crippen LogP contribution < -0.4 is 5.32 Å². The third-order valence-corrected chi connectivity index (χ3v) is 2.40. The van der Waals surface area contributed by atoms with Gasteiger partial charge in [0.15, 0.2) is 12.0 Å². The van der Waals surface area contributed by atoms with E-state index in [-0.39, 0.29) is 0 Å². The molecule has 0 spiro atoms. The standard InChI is InChI=1S/C10H15NO6/c1-5(13)2-3-11-10-9(16)8(15)7(14)6(4-12)17-10/h1-3,6-12,14-16H,4H2/b3-2-/t6-,7-,8+,9-,10-/m1/s1. The molecular weight excluding hydrogens is 230 g/mol. The van der Waals surface area contributed by atoms with Crippen LogP contribution >= 0.6 is 0 Å². The lowest BCUT2D eigenvalue weighted by Crippen LogP contribution is -2.61. The highest BCUT2D eigenvalue weighted by Crippen LogP contribution is 2.19.